The topological polar surface area (TPSA) is 57.7 Å². The first-order chi connectivity index (χ1) is 46.1. The number of ether oxygens (including phenoxy) is 1. The largest absolute Gasteiger partial charge is 0.458 e. The SMILES string of the molecule is N#Cc1ccc(-c2cc3c4c(c2)-n2c5ccc(-n6c7ccccc7c7cc(-n8c9ccccc9c9ccccc98)ccc76)cc5c5cc(-n6c7ccccc7c7cc(-n8c9ccccc9c9ccccc98)ccc76)cc(c52)B4c2ccc(-c4ccccc4)cc2O3)cc1. The maximum Gasteiger partial charge on any atom is 0.256 e. The molecule has 19 aromatic rings. The van der Waals surface area contributed by atoms with Gasteiger partial charge in [0.2, 0.25) is 0 Å². The Kier molecular flexibility index (Phi) is 10.1. The molecule has 7 nitrogen and oxygen atoms in total. The number of hydrogen-bond donors (Lipinski definition) is 0. The first-order valence-corrected chi connectivity index (χ1v) is 31.8. The van der Waals surface area contributed by atoms with E-state index in [1.807, 2.05) is 12.1 Å². The predicted octanol–water partition coefficient (Wildman–Crippen LogP) is 19.3. The molecular formula is C85H49BN6O. The zero-order valence-electron chi connectivity index (χ0n) is 50.0. The first-order valence-electron chi connectivity index (χ1n) is 31.8. The van der Waals surface area contributed by atoms with Crippen molar-refractivity contribution in [1.82, 2.24) is 22.8 Å². The number of nitrogens with zero attached hydrogens (tertiary/aromatic N) is 6. The molecule has 2 aliphatic heterocycles. The zero-order valence-corrected chi connectivity index (χ0v) is 50.0. The second kappa shape index (κ2) is 18.8. The predicted molar refractivity (Wildman–Crippen MR) is 385 cm³/mol. The Hall–Kier alpha value is -12.6. The highest BCUT2D eigenvalue weighted by molar-refractivity contribution is 6.99. The molecule has 0 bridgehead atoms. The lowest BCUT2D eigenvalue weighted by molar-refractivity contribution is 0.487. The molecule has 0 radical (unpaired) electrons. The molecular weight excluding hydrogens is 1130 g/mol. The summed E-state index contributed by atoms with van der Waals surface area (Å²) < 4.78 is 19.7. The molecule has 0 N–H and O–H groups in total. The van der Waals surface area contributed by atoms with Gasteiger partial charge < -0.3 is 27.6 Å². The minimum Gasteiger partial charge on any atom is -0.458 e. The Morgan fingerprint density at radius 1 is 0.269 bits per heavy atom. The molecule has 21 rings (SSSR count). The second-order valence-electron chi connectivity index (χ2n) is 25.1. The fraction of sp³-hybridized carbons (Fsp3) is 0. The number of aromatic nitrogens is 5. The van der Waals surface area contributed by atoms with Crippen LogP contribution < -0.4 is 21.1 Å². The van der Waals surface area contributed by atoms with Crippen molar-refractivity contribution in [1.29, 1.82) is 5.26 Å². The summed E-state index contributed by atoms with van der Waals surface area (Å²) in [7, 11) is 0. The molecule has 2 aliphatic rings. The minimum atomic E-state index is -0.201. The lowest BCUT2D eigenvalue weighted by Crippen LogP contribution is -2.58. The van der Waals surface area contributed by atoms with E-state index in [4.69, 9.17) is 4.74 Å². The molecule has 0 spiro atoms. The number of para-hydroxylation sites is 6. The number of rotatable bonds is 6. The maximum atomic E-state index is 9.94. The van der Waals surface area contributed by atoms with Gasteiger partial charge in [0, 0.05) is 87.8 Å². The number of nitriles is 1. The van der Waals surface area contributed by atoms with E-state index in [1.54, 1.807) is 0 Å². The number of benzene rings is 14. The van der Waals surface area contributed by atoms with Crippen LogP contribution in [0.2, 0.25) is 0 Å². The van der Waals surface area contributed by atoms with Crippen LogP contribution in [0, 0.1) is 11.3 Å². The van der Waals surface area contributed by atoms with Crippen molar-refractivity contribution in [3.8, 4) is 68.3 Å². The lowest BCUT2D eigenvalue weighted by atomic mass is 9.34. The van der Waals surface area contributed by atoms with E-state index in [0.29, 0.717) is 5.56 Å². The molecule has 0 aliphatic carbocycles. The molecule has 93 heavy (non-hydrogen) atoms. The van der Waals surface area contributed by atoms with Gasteiger partial charge in [-0.3, -0.25) is 0 Å². The van der Waals surface area contributed by atoms with Gasteiger partial charge in [-0.15, -0.1) is 0 Å². The molecule has 0 amide bonds. The molecule has 14 aromatic carbocycles. The highest BCUT2D eigenvalue weighted by Gasteiger charge is 2.42. The van der Waals surface area contributed by atoms with Crippen molar-refractivity contribution >= 4 is 132 Å². The summed E-state index contributed by atoms with van der Waals surface area (Å²) in [6, 6.07) is 111. The summed E-state index contributed by atoms with van der Waals surface area (Å²) in [5.74, 6) is 1.65. The molecule has 0 saturated carbocycles. The van der Waals surface area contributed by atoms with Crippen molar-refractivity contribution in [3.05, 3.63) is 303 Å². The number of fused-ring (bicyclic) bond motifs is 19. The molecule has 8 heteroatoms. The lowest BCUT2D eigenvalue weighted by Gasteiger charge is -2.34. The van der Waals surface area contributed by atoms with Crippen LogP contribution in [0.1, 0.15) is 5.56 Å². The van der Waals surface area contributed by atoms with Crippen molar-refractivity contribution in [2.24, 2.45) is 0 Å². The van der Waals surface area contributed by atoms with E-state index >= 15 is 0 Å². The average Bonchev–Trinajstić information content (AvgIpc) is 1.56. The fourth-order valence-electron chi connectivity index (χ4n) is 16.4. The Morgan fingerprint density at radius 2 is 0.656 bits per heavy atom. The summed E-state index contributed by atoms with van der Waals surface area (Å²) in [5, 5.41) is 22.0. The second-order valence-corrected chi connectivity index (χ2v) is 25.1. The molecule has 0 unspecified atom stereocenters. The first kappa shape index (κ1) is 50.3. The van der Waals surface area contributed by atoms with Crippen molar-refractivity contribution in [2.45, 2.75) is 0 Å². The third-order valence-corrected chi connectivity index (χ3v) is 20.3. The van der Waals surface area contributed by atoms with Gasteiger partial charge in [0.15, 0.2) is 0 Å². The van der Waals surface area contributed by atoms with Gasteiger partial charge in [-0.1, -0.05) is 164 Å². The fourth-order valence-corrected chi connectivity index (χ4v) is 16.4. The van der Waals surface area contributed by atoms with Crippen molar-refractivity contribution < 1.29 is 4.74 Å². The summed E-state index contributed by atoms with van der Waals surface area (Å²) in [6.45, 7) is -0.201. The van der Waals surface area contributed by atoms with Gasteiger partial charge >= 0.3 is 0 Å². The quantitative estimate of drug-likeness (QED) is 0.156. The van der Waals surface area contributed by atoms with Crippen LogP contribution in [0.15, 0.2) is 297 Å². The van der Waals surface area contributed by atoms with Crippen LogP contribution in [-0.4, -0.2) is 29.5 Å². The van der Waals surface area contributed by atoms with E-state index in [0.717, 1.165) is 111 Å². The highest BCUT2D eigenvalue weighted by Crippen LogP contribution is 2.45. The molecule has 5 aromatic heterocycles. The molecule has 0 fully saturated rings. The maximum absolute atomic E-state index is 9.94. The van der Waals surface area contributed by atoms with E-state index in [-0.39, 0.29) is 6.71 Å². The molecule has 0 saturated heterocycles. The highest BCUT2D eigenvalue weighted by atomic mass is 16.5. The smallest absolute Gasteiger partial charge is 0.256 e. The van der Waals surface area contributed by atoms with Gasteiger partial charge in [0.25, 0.3) is 6.71 Å². The summed E-state index contributed by atoms with van der Waals surface area (Å²) in [5.41, 5.74) is 25.3. The van der Waals surface area contributed by atoms with Crippen LogP contribution in [0.25, 0.3) is 160 Å². The van der Waals surface area contributed by atoms with Crippen LogP contribution in [0.3, 0.4) is 0 Å². The Balaban J connectivity index is 0.845. The van der Waals surface area contributed by atoms with E-state index in [1.165, 1.54) is 76.1 Å². The Bertz CT molecular complexity index is 6440. The van der Waals surface area contributed by atoms with Gasteiger partial charge in [0.1, 0.15) is 11.5 Å². The molecule has 428 valence electrons. The average molecular weight is 1180 g/mol. The van der Waals surface area contributed by atoms with Crippen LogP contribution >= 0.6 is 0 Å². The Labute approximate surface area is 532 Å². The van der Waals surface area contributed by atoms with Crippen molar-refractivity contribution in [3.63, 3.8) is 0 Å². The third kappa shape index (κ3) is 6.97. The Morgan fingerprint density at radius 3 is 1.15 bits per heavy atom. The standard InChI is InChI=1S/C85H49BN6O/c87-50-51-30-32-53(33-31-51)55-42-81-84-83(44-55)93-82-43-54(52-16-2-1-3-17-52)34-38-70(82)86(84)71-49-59(91-77-29-15-9-23-65(77)67-46-57(36-40-79(67)91)89-74-26-12-6-20-62(74)63-21-7-13-27-75(63)89)48-69-68-47-58(37-41-80(68)92(81)85(69)71)90-76-28-14-8-22-64(76)66-45-56(35-39-78(66)90)88-72-24-10-4-18-60(72)61-19-5-11-25-73(61)88/h1-49H. The van der Waals surface area contributed by atoms with E-state index in [9.17, 15) is 5.26 Å². The van der Waals surface area contributed by atoms with Crippen LogP contribution in [-0.2, 0) is 0 Å². The van der Waals surface area contributed by atoms with E-state index < -0.39 is 0 Å². The van der Waals surface area contributed by atoms with Gasteiger partial charge in [-0.2, -0.15) is 5.26 Å². The normalized spacial score (nSPS) is 12.6. The monoisotopic (exact) mass is 1180 g/mol. The summed E-state index contributed by atoms with van der Waals surface area (Å²) in [4.78, 5) is 0. The van der Waals surface area contributed by atoms with Gasteiger partial charge in [0.05, 0.1) is 61.3 Å². The van der Waals surface area contributed by atoms with Crippen LogP contribution in [0.5, 0.6) is 11.5 Å². The molecule has 0 atom stereocenters. The summed E-state index contributed by atoms with van der Waals surface area (Å²) in [6.07, 6.45) is 0. The molecule has 7 heterocycles. The van der Waals surface area contributed by atoms with Gasteiger partial charge in [-0.25, -0.2) is 0 Å². The summed E-state index contributed by atoms with van der Waals surface area (Å²) >= 11 is 0. The number of hydrogen-bond acceptors (Lipinski definition) is 2. The van der Waals surface area contributed by atoms with Gasteiger partial charge in [-0.05, 0) is 172 Å². The van der Waals surface area contributed by atoms with Crippen LogP contribution in [0.4, 0.5) is 0 Å². The zero-order chi connectivity index (χ0) is 60.7. The van der Waals surface area contributed by atoms with Crippen molar-refractivity contribution in [2.75, 3.05) is 0 Å². The van der Waals surface area contributed by atoms with E-state index in [2.05, 4.69) is 314 Å². The minimum absolute atomic E-state index is 0.201. The third-order valence-electron chi connectivity index (χ3n) is 20.3.